The molecule has 0 amide bonds. The van der Waals surface area contributed by atoms with Gasteiger partial charge in [-0.1, -0.05) is 18.2 Å². The third-order valence-electron chi connectivity index (χ3n) is 4.76. The first-order valence-electron chi connectivity index (χ1n) is 8.99. The number of thiophene rings is 1. The van der Waals surface area contributed by atoms with E-state index in [0.717, 1.165) is 53.6 Å². The van der Waals surface area contributed by atoms with E-state index in [1.165, 1.54) is 4.88 Å². The summed E-state index contributed by atoms with van der Waals surface area (Å²) in [5.74, 6) is 2.48. The Morgan fingerprint density at radius 2 is 1.96 bits per heavy atom. The summed E-state index contributed by atoms with van der Waals surface area (Å²) < 4.78 is 17.1. The van der Waals surface area contributed by atoms with Gasteiger partial charge in [-0.05, 0) is 46.8 Å². The molecule has 1 aliphatic rings. The summed E-state index contributed by atoms with van der Waals surface area (Å²) in [6, 6.07) is 16.6. The van der Waals surface area contributed by atoms with Crippen LogP contribution in [-0.2, 0) is 13.1 Å². The average Bonchev–Trinajstić information content (AvgIpc) is 3.12. The molecule has 0 radical (unpaired) electrons. The van der Waals surface area contributed by atoms with E-state index < -0.39 is 0 Å². The van der Waals surface area contributed by atoms with Crippen LogP contribution in [0.1, 0.15) is 10.4 Å². The zero-order valence-corrected chi connectivity index (χ0v) is 16.4. The number of hydrogen-bond donors (Lipinski definition) is 0. The highest BCUT2D eigenvalue weighted by atomic mass is 32.1. The van der Waals surface area contributed by atoms with Crippen molar-refractivity contribution in [2.75, 3.05) is 27.4 Å². The van der Waals surface area contributed by atoms with Crippen molar-refractivity contribution >= 4 is 11.3 Å². The van der Waals surface area contributed by atoms with Gasteiger partial charge in [0.2, 0.25) is 0 Å². The zero-order chi connectivity index (χ0) is 18.6. The Labute approximate surface area is 163 Å². The zero-order valence-electron chi connectivity index (χ0n) is 15.6. The lowest BCUT2D eigenvalue weighted by Crippen LogP contribution is -2.24. The van der Waals surface area contributed by atoms with Crippen LogP contribution in [0.5, 0.6) is 17.2 Å². The van der Waals surface area contributed by atoms with Crippen LogP contribution in [0.25, 0.3) is 11.1 Å². The van der Waals surface area contributed by atoms with E-state index in [-0.39, 0.29) is 0 Å². The van der Waals surface area contributed by atoms with E-state index in [0.29, 0.717) is 6.61 Å². The first-order valence-corrected chi connectivity index (χ1v) is 9.87. The van der Waals surface area contributed by atoms with E-state index in [1.54, 1.807) is 25.6 Å². The van der Waals surface area contributed by atoms with Crippen molar-refractivity contribution in [1.82, 2.24) is 4.90 Å². The fourth-order valence-electron chi connectivity index (χ4n) is 3.42. The Hall–Kier alpha value is -2.50. The second kappa shape index (κ2) is 8.03. The van der Waals surface area contributed by atoms with Crippen LogP contribution in [0.4, 0.5) is 0 Å². The van der Waals surface area contributed by atoms with Crippen LogP contribution < -0.4 is 14.2 Å². The van der Waals surface area contributed by atoms with Crippen LogP contribution in [0, 0.1) is 0 Å². The summed E-state index contributed by atoms with van der Waals surface area (Å²) in [5.41, 5.74) is 3.36. The Kier molecular flexibility index (Phi) is 5.32. The Bertz CT molecular complexity index is 908. The highest BCUT2D eigenvalue weighted by Crippen LogP contribution is 2.39. The maximum atomic E-state index is 6.07. The molecule has 0 unspecified atom stereocenters. The quantitative estimate of drug-likeness (QED) is 0.634. The molecule has 1 aromatic heterocycles. The van der Waals surface area contributed by atoms with Gasteiger partial charge < -0.3 is 14.2 Å². The summed E-state index contributed by atoms with van der Waals surface area (Å²) in [6.45, 7) is 3.32. The Morgan fingerprint density at radius 1 is 1.04 bits per heavy atom. The minimum Gasteiger partial charge on any atom is -0.497 e. The van der Waals surface area contributed by atoms with Gasteiger partial charge >= 0.3 is 0 Å². The smallest absolute Gasteiger partial charge is 0.165 e. The normalized spacial score (nSPS) is 14.1. The summed E-state index contributed by atoms with van der Waals surface area (Å²) in [7, 11) is 3.38. The minimum atomic E-state index is 0.660. The molecular formula is C22H23NO3S. The van der Waals surface area contributed by atoms with Gasteiger partial charge in [0.25, 0.3) is 0 Å². The van der Waals surface area contributed by atoms with Gasteiger partial charge in [-0.3, -0.25) is 4.90 Å². The summed E-state index contributed by atoms with van der Waals surface area (Å²) in [5, 5.41) is 2.13. The topological polar surface area (TPSA) is 30.9 Å². The van der Waals surface area contributed by atoms with Crippen molar-refractivity contribution < 1.29 is 14.2 Å². The number of hydrogen-bond acceptors (Lipinski definition) is 5. The Morgan fingerprint density at radius 3 is 2.74 bits per heavy atom. The fourth-order valence-corrected chi connectivity index (χ4v) is 4.16. The molecule has 0 N–H and O–H groups in total. The third-order valence-corrected chi connectivity index (χ3v) is 5.62. The lowest BCUT2D eigenvalue weighted by Gasteiger charge is -2.19. The maximum Gasteiger partial charge on any atom is 0.165 e. The fraction of sp³-hybridized carbons (Fsp3) is 0.273. The number of ether oxygens (including phenoxy) is 3. The molecule has 0 spiro atoms. The lowest BCUT2D eigenvalue weighted by atomic mass is 10.0. The van der Waals surface area contributed by atoms with Crippen molar-refractivity contribution in [3.8, 4) is 28.4 Å². The van der Waals surface area contributed by atoms with Gasteiger partial charge in [0.15, 0.2) is 11.5 Å². The molecule has 2 heterocycles. The molecule has 4 nitrogen and oxygen atoms in total. The molecule has 0 saturated carbocycles. The molecule has 4 rings (SSSR count). The number of benzene rings is 2. The summed E-state index contributed by atoms with van der Waals surface area (Å²) in [6.07, 6.45) is 0. The van der Waals surface area contributed by atoms with E-state index in [1.807, 2.05) is 24.3 Å². The molecule has 3 aromatic rings. The van der Waals surface area contributed by atoms with Crippen molar-refractivity contribution in [2.24, 2.45) is 0 Å². The van der Waals surface area contributed by atoms with Crippen LogP contribution in [0.2, 0.25) is 0 Å². The molecule has 1 aliphatic heterocycles. The van der Waals surface area contributed by atoms with Crippen LogP contribution in [-0.4, -0.2) is 32.3 Å². The molecule has 0 aliphatic carbocycles. The number of fused-ring (bicyclic) bond motifs is 1. The van der Waals surface area contributed by atoms with Crippen molar-refractivity contribution in [1.29, 1.82) is 0 Å². The molecule has 27 heavy (non-hydrogen) atoms. The highest BCUT2D eigenvalue weighted by Gasteiger charge is 2.21. The number of methoxy groups -OCH3 is 2. The first-order chi connectivity index (χ1) is 13.3. The van der Waals surface area contributed by atoms with Gasteiger partial charge in [-0.15, -0.1) is 11.3 Å². The van der Waals surface area contributed by atoms with Gasteiger partial charge in [-0.2, -0.15) is 0 Å². The molecule has 0 fully saturated rings. The monoisotopic (exact) mass is 381 g/mol. The van der Waals surface area contributed by atoms with Crippen LogP contribution >= 0.6 is 11.3 Å². The van der Waals surface area contributed by atoms with E-state index in [4.69, 9.17) is 14.2 Å². The standard InChI is InChI=1S/C22H23NO3S/c1-24-19-6-3-5-16(12-19)17-11-18-14-23(15-20-7-4-10-27-20)8-9-26-22(18)21(13-17)25-2/h3-7,10-13H,8-9,14-15H2,1-2H3. The van der Waals surface area contributed by atoms with E-state index >= 15 is 0 Å². The largest absolute Gasteiger partial charge is 0.497 e. The van der Waals surface area contributed by atoms with E-state index in [2.05, 4.69) is 34.5 Å². The van der Waals surface area contributed by atoms with E-state index in [9.17, 15) is 0 Å². The summed E-state index contributed by atoms with van der Waals surface area (Å²) >= 11 is 1.80. The first kappa shape index (κ1) is 17.9. The highest BCUT2D eigenvalue weighted by molar-refractivity contribution is 7.09. The lowest BCUT2D eigenvalue weighted by molar-refractivity contribution is 0.218. The Balaban J connectivity index is 1.69. The van der Waals surface area contributed by atoms with Gasteiger partial charge in [0.05, 0.1) is 14.2 Å². The second-order valence-corrected chi connectivity index (χ2v) is 7.57. The molecule has 0 atom stereocenters. The second-order valence-electron chi connectivity index (χ2n) is 6.54. The van der Waals surface area contributed by atoms with Crippen molar-refractivity contribution in [2.45, 2.75) is 13.1 Å². The minimum absolute atomic E-state index is 0.660. The predicted molar refractivity (Wildman–Crippen MR) is 109 cm³/mol. The van der Waals surface area contributed by atoms with Gasteiger partial charge in [-0.25, -0.2) is 0 Å². The maximum absolute atomic E-state index is 6.07. The van der Waals surface area contributed by atoms with Gasteiger partial charge in [0, 0.05) is 30.1 Å². The third kappa shape index (κ3) is 3.94. The molecule has 0 bridgehead atoms. The average molecular weight is 381 g/mol. The van der Waals surface area contributed by atoms with Gasteiger partial charge in [0.1, 0.15) is 12.4 Å². The van der Waals surface area contributed by atoms with Crippen molar-refractivity contribution in [3.63, 3.8) is 0 Å². The van der Waals surface area contributed by atoms with Crippen molar-refractivity contribution in [3.05, 3.63) is 64.4 Å². The van der Waals surface area contributed by atoms with Crippen LogP contribution in [0.15, 0.2) is 53.9 Å². The SMILES string of the molecule is COc1cccc(-c2cc3c(c(OC)c2)OCCN(Cc2cccs2)C3)c1. The molecule has 2 aromatic carbocycles. The number of rotatable bonds is 5. The molecule has 0 saturated heterocycles. The predicted octanol–water partition coefficient (Wildman–Crippen LogP) is 4.83. The number of nitrogens with zero attached hydrogens (tertiary/aromatic N) is 1. The molecule has 5 heteroatoms. The molecule has 140 valence electrons. The van der Waals surface area contributed by atoms with Crippen LogP contribution in [0.3, 0.4) is 0 Å². The summed E-state index contributed by atoms with van der Waals surface area (Å²) in [4.78, 5) is 3.79. The molecular weight excluding hydrogens is 358 g/mol.